The van der Waals surface area contributed by atoms with Crippen molar-refractivity contribution in [2.24, 2.45) is 5.92 Å². The Hall–Kier alpha value is -2.12. The van der Waals surface area contributed by atoms with Gasteiger partial charge in [0.1, 0.15) is 5.75 Å². The molecule has 24 heavy (non-hydrogen) atoms. The van der Waals surface area contributed by atoms with E-state index in [1.807, 2.05) is 0 Å². The normalized spacial score (nSPS) is 20.4. The largest absolute Gasteiger partial charge is 0.484 e. The molecular formula is C16H18ClN3O4. The minimum atomic E-state index is -0.157. The minimum absolute atomic E-state index is 0.0477. The molecule has 1 fully saturated rings. The standard InChI is InChI=1S/C16H18ClN3O4/c1-10-18-16(24-19-10)14-7-20(6-11(14)8-21)15(22)9-23-13-4-2-12(17)3-5-13/h2-5,11,14,21H,6-9H2,1H3/t11-,14+/m0/s1. The molecule has 1 aromatic carbocycles. The molecule has 2 aromatic rings. The second-order valence-electron chi connectivity index (χ2n) is 5.77. The SMILES string of the molecule is Cc1noc([C@@H]2CN(C(=O)COc3ccc(Cl)cc3)C[C@H]2CO)n1. The molecule has 1 N–H and O–H groups in total. The molecule has 1 aromatic heterocycles. The number of halogens is 1. The minimum Gasteiger partial charge on any atom is -0.484 e. The molecule has 1 aliphatic heterocycles. The maximum Gasteiger partial charge on any atom is 0.260 e. The molecule has 8 heteroatoms. The van der Waals surface area contributed by atoms with Gasteiger partial charge in [0.25, 0.3) is 5.91 Å². The zero-order chi connectivity index (χ0) is 17.1. The number of aliphatic hydroxyl groups is 1. The lowest BCUT2D eigenvalue weighted by Crippen LogP contribution is -2.33. The van der Waals surface area contributed by atoms with E-state index in [0.29, 0.717) is 35.6 Å². The van der Waals surface area contributed by atoms with Crippen LogP contribution in [0.3, 0.4) is 0 Å². The predicted molar refractivity (Wildman–Crippen MR) is 85.9 cm³/mol. The van der Waals surface area contributed by atoms with Crippen LogP contribution in [0.4, 0.5) is 0 Å². The van der Waals surface area contributed by atoms with Gasteiger partial charge in [0.05, 0.1) is 5.92 Å². The molecule has 0 aliphatic carbocycles. The van der Waals surface area contributed by atoms with Gasteiger partial charge in [0, 0.05) is 30.6 Å². The summed E-state index contributed by atoms with van der Waals surface area (Å²) in [5, 5.41) is 14.0. The number of amides is 1. The van der Waals surface area contributed by atoms with E-state index in [2.05, 4.69) is 10.1 Å². The van der Waals surface area contributed by atoms with Crippen molar-refractivity contribution in [3.05, 3.63) is 41.0 Å². The number of hydrogen-bond acceptors (Lipinski definition) is 6. The third-order valence-corrected chi connectivity index (χ3v) is 4.32. The first-order valence-corrected chi connectivity index (χ1v) is 8.02. The van der Waals surface area contributed by atoms with Gasteiger partial charge < -0.3 is 19.3 Å². The summed E-state index contributed by atoms with van der Waals surface area (Å²) in [5.41, 5.74) is 0. The summed E-state index contributed by atoms with van der Waals surface area (Å²) in [5.74, 6) is 1.15. The number of aliphatic hydroxyl groups excluding tert-OH is 1. The molecule has 0 unspecified atom stereocenters. The van der Waals surface area contributed by atoms with E-state index in [-0.39, 0.29) is 31.0 Å². The molecule has 0 bridgehead atoms. The highest BCUT2D eigenvalue weighted by atomic mass is 35.5. The zero-order valence-corrected chi connectivity index (χ0v) is 13.9. The number of benzene rings is 1. The van der Waals surface area contributed by atoms with E-state index in [0.717, 1.165) is 0 Å². The molecule has 2 atom stereocenters. The van der Waals surface area contributed by atoms with Crippen LogP contribution in [0, 0.1) is 12.8 Å². The monoisotopic (exact) mass is 351 g/mol. The van der Waals surface area contributed by atoms with Crippen molar-refractivity contribution in [3.63, 3.8) is 0 Å². The van der Waals surface area contributed by atoms with Gasteiger partial charge in [0.15, 0.2) is 12.4 Å². The number of aromatic nitrogens is 2. The lowest BCUT2D eigenvalue weighted by molar-refractivity contribution is -0.132. The highest BCUT2D eigenvalue weighted by Crippen LogP contribution is 2.31. The molecule has 3 rings (SSSR count). The van der Waals surface area contributed by atoms with Crippen LogP contribution in [-0.4, -0.2) is 52.4 Å². The van der Waals surface area contributed by atoms with Crippen molar-refractivity contribution in [1.29, 1.82) is 0 Å². The van der Waals surface area contributed by atoms with Gasteiger partial charge in [-0.15, -0.1) is 0 Å². The van der Waals surface area contributed by atoms with Crippen molar-refractivity contribution in [3.8, 4) is 5.75 Å². The van der Waals surface area contributed by atoms with E-state index in [9.17, 15) is 9.90 Å². The molecule has 0 saturated carbocycles. The van der Waals surface area contributed by atoms with Gasteiger partial charge in [-0.1, -0.05) is 16.8 Å². The fourth-order valence-corrected chi connectivity index (χ4v) is 2.90. The number of likely N-dealkylation sites (tertiary alicyclic amines) is 1. The van der Waals surface area contributed by atoms with Crippen molar-refractivity contribution in [1.82, 2.24) is 15.0 Å². The third kappa shape index (κ3) is 3.68. The van der Waals surface area contributed by atoms with Crippen LogP contribution in [0.25, 0.3) is 0 Å². The molecule has 7 nitrogen and oxygen atoms in total. The molecule has 1 aliphatic rings. The van der Waals surface area contributed by atoms with Crippen LogP contribution >= 0.6 is 11.6 Å². The van der Waals surface area contributed by atoms with Crippen molar-refractivity contribution < 1.29 is 19.2 Å². The van der Waals surface area contributed by atoms with E-state index in [1.54, 1.807) is 36.1 Å². The smallest absolute Gasteiger partial charge is 0.260 e. The van der Waals surface area contributed by atoms with Crippen LogP contribution in [0.5, 0.6) is 5.75 Å². The van der Waals surface area contributed by atoms with E-state index in [4.69, 9.17) is 20.9 Å². The summed E-state index contributed by atoms with van der Waals surface area (Å²) >= 11 is 5.81. The van der Waals surface area contributed by atoms with Gasteiger partial charge >= 0.3 is 0 Å². The number of rotatable bonds is 5. The second kappa shape index (κ2) is 7.19. The highest BCUT2D eigenvalue weighted by molar-refractivity contribution is 6.30. The summed E-state index contributed by atoms with van der Waals surface area (Å²) in [6.45, 7) is 2.48. The van der Waals surface area contributed by atoms with Crippen LogP contribution in [0.15, 0.2) is 28.8 Å². The first kappa shape index (κ1) is 16.7. The van der Waals surface area contributed by atoms with Crippen molar-refractivity contribution in [2.45, 2.75) is 12.8 Å². The highest BCUT2D eigenvalue weighted by Gasteiger charge is 2.39. The maximum atomic E-state index is 12.4. The Labute approximate surface area is 144 Å². The Morgan fingerprint density at radius 1 is 1.42 bits per heavy atom. The fraction of sp³-hybridized carbons (Fsp3) is 0.438. The summed E-state index contributed by atoms with van der Waals surface area (Å²) < 4.78 is 10.7. The van der Waals surface area contributed by atoms with Crippen LogP contribution in [0.1, 0.15) is 17.6 Å². The maximum absolute atomic E-state index is 12.4. The van der Waals surface area contributed by atoms with Crippen LogP contribution in [0.2, 0.25) is 5.02 Å². The number of aryl methyl sites for hydroxylation is 1. The van der Waals surface area contributed by atoms with Gasteiger partial charge in [0.2, 0.25) is 5.89 Å². The fourth-order valence-electron chi connectivity index (χ4n) is 2.77. The number of carbonyl (C=O) groups is 1. The Balaban J connectivity index is 1.60. The topological polar surface area (TPSA) is 88.7 Å². The number of nitrogens with zero attached hydrogens (tertiary/aromatic N) is 3. The predicted octanol–water partition coefficient (Wildman–Crippen LogP) is 1.64. The number of carbonyl (C=O) groups excluding carboxylic acids is 1. The molecule has 1 saturated heterocycles. The summed E-state index contributed by atoms with van der Waals surface area (Å²) in [7, 11) is 0. The number of hydrogen-bond donors (Lipinski definition) is 1. The lowest BCUT2D eigenvalue weighted by Gasteiger charge is -2.16. The van der Waals surface area contributed by atoms with Gasteiger partial charge in [-0.3, -0.25) is 4.79 Å². The Morgan fingerprint density at radius 3 is 2.79 bits per heavy atom. The van der Waals surface area contributed by atoms with Crippen LogP contribution < -0.4 is 4.74 Å². The van der Waals surface area contributed by atoms with E-state index in [1.165, 1.54) is 0 Å². The molecule has 0 radical (unpaired) electrons. The summed E-state index contributed by atoms with van der Waals surface area (Å²) in [6, 6.07) is 6.82. The van der Waals surface area contributed by atoms with E-state index >= 15 is 0 Å². The molecule has 1 amide bonds. The summed E-state index contributed by atoms with van der Waals surface area (Å²) in [6.07, 6.45) is 0. The first-order valence-electron chi connectivity index (χ1n) is 7.64. The van der Waals surface area contributed by atoms with Crippen molar-refractivity contribution >= 4 is 17.5 Å². The van der Waals surface area contributed by atoms with Crippen molar-refractivity contribution in [2.75, 3.05) is 26.3 Å². The first-order chi connectivity index (χ1) is 11.6. The Kier molecular flexibility index (Phi) is 5.01. The summed E-state index contributed by atoms with van der Waals surface area (Å²) in [4.78, 5) is 18.2. The zero-order valence-electron chi connectivity index (χ0n) is 13.2. The molecule has 2 heterocycles. The van der Waals surface area contributed by atoms with E-state index < -0.39 is 0 Å². The van der Waals surface area contributed by atoms with Gasteiger partial charge in [-0.2, -0.15) is 4.98 Å². The molecular weight excluding hydrogens is 334 g/mol. The molecule has 0 spiro atoms. The van der Waals surface area contributed by atoms with Gasteiger partial charge in [-0.05, 0) is 31.2 Å². The average Bonchev–Trinajstić information content (AvgIpc) is 3.20. The van der Waals surface area contributed by atoms with Crippen LogP contribution in [-0.2, 0) is 4.79 Å². The lowest BCUT2D eigenvalue weighted by atomic mass is 9.97. The average molecular weight is 352 g/mol. The Bertz CT molecular complexity index is 704. The van der Waals surface area contributed by atoms with Gasteiger partial charge in [-0.25, -0.2) is 0 Å². The molecule has 128 valence electrons. The third-order valence-electron chi connectivity index (χ3n) is 4.06. The second-order valence-corrected chi connectivity index (χ2v) is 6.21. The number of ether oxygens (including phenoxy) is 1. The Morgan fingerprint density at radius 2 is 2.17 bits per heavy atom. The quantitative estimate of drug-likeness (QED) is 0.881.